The molecule has 3 N–H and O–H groups in total. The van der Waals surface area contributed by atoms with Crippen LogP contribution in [0.1, 0.15) is 43.0 Å². The summed E-state index contributed by atoms with van der Waals surface area (Å²) in [6.45, 7) is 2.68. The van der Waals surface area contributed by atoms with Crippen molar-refractivity contribution in [2.24, 2.45) is 0 Å². The number of aliphatic carboxylic acids is 1. The molecule has 1 aromatic heterocycles. The number of hydrogen-bond donors (Lipinski definition) is 3. The number of aromatic nitrogens is 1. The molecule has 9 heteroatoms. The van der Waals surface area contributed by atoms with Gasteiger partial charge in [-0.1, -0.05) is 43.0 Å². The lowest BCUT2D eigenvalue weighted by Gasteiger charge is -2.20. The number of benzene rings is 2. The fraction of sp³-hybridized carbons (Fsp3) is 0.296. The number of anilines is 1. The second kappa shape index (κ2) is 13.7. The molecule has 0 aliphatic carbocycles. The molecule has 1 amide bonds. The summed E-state index contributed by atoms with van der Waals surface area (Å²) in [5, 5.41) is 15.9. The number of nitrogens with one attached hydrogen (secondary N) is 2. The smallest absolute Gasteiger partial charge is 0.305 e. The number of ether oxygens (including phenoxy) is 1. The van der Waals surface area contributed by atoms with Gasteiger partial charge in [-0.25, -0.2) is 0 Å². The summed E-state index contributed by atoms with van der Waals surface area (Å²) in [5.74, 6) is -0.596. The average Bonchev–Trinajstić information content (AvgIpc) is 2.85. The van der Waals surface area contributed by atoms with Gasteiger partial charge in [0.2, 0.25) is 0 Å². The Bertz CT molecular complexity index is 1130. The largest absolute Gasteiger partial charge is 0.490 e. The Labute approximate surface area is 220 Å². The molecule has 0 bridgehead atoms. The van der Waals surface area contributed by atoms with Crippen molar-refractivity contribution in [3.05, 3.63) is 76.4 Å². The van der Waals surface area contributed by atoms with Crippen molar-refractivity contribution in [1.29, 1.82) is 0 Å². The molecular weight excluding hydrogens is 501 g/mol. The quantitative estimate of drug-likeness (QED) is 0.240. The van der Waals surface area contributed by atoms with E-state index < -0.39 is 5.97 Å². The zero-order valence-corrected chi connectivity index (χ0v) is 21.5. The SMILES string of the molecule is CCCCC(COc1ccc(-c2cc(Cl)cc(Cl)c2)nc1)Nc1ccc(C(=O)NCCC(=O)O)cc1. The zero-order valence-electron chi connectivity index (χ0n) is 20.0. The van der Waals surface area contributed by atoms with Crippen LogP contribution in [-0.4, -0.2) is 41.2 Å². The first-order valence-electron chi connectivity index (χ1n) is 11.8. The molecule has 3 rings (SSSR count). The predicted octanol–water partition coefficient (Wildman–Crippen LogP) is 6.31. The average molecular weight is 530 g/mol. The molecule has 0 spiro atoms. The van der Waals surface area contributed by atoms with Crippen LogP contribution in [0.2, 0.25) is 10.0 Å². The van der Waals surface area contributed by atoms with Crippen LogP contribution < -0.4 is 15.4 Å². The van der Waals surface area contributed by atoms with Crippen LogP contribution in [0.4, 0.5) is 5.69 Å². The predicted molar refractivity (Wildman–Crippen MR) is 143 cm³/mol. The number of rotatable bonds is 13. The van der Waals surface area contributed by atoms with Gasteiger partial charge in [-0.05, 0) is 61.0 Å². The minimum absolute atomic E-state index is 0.0617. The van der Waals surface area contributed by atoms with Crippen molar-refractivity contribution in [2.45, 2.75) is 38.6 Å². The van der Waals surface area contributed by atoms with Crippen LogP contribution in [0, 0.1) is 0 Å². The Morgan fingerprint density at radius 1 is 1.06 bits per heavy atom. The highest BCUT2D eigenvalue weighted by Crippen LogP contribution is 2.27. The van der Waals surface area contributed by atoms with E-state index in [-0.39, 0.29) is 24.9 Å². The molecule has 0 aliphatic rings. The number of halogens is 2. The van der Waals surface area contributed by atoms with Gasteiger partial charge in [-0.2, -0.15) is 0 Å². The third kappa shape index (κ3) is 8.73. The first kappa shape index (κ1) is 27.3. The fourth-order valence-electron chi connectivity index (χ4n) is 3.52. The van der Waals surface area contributed by atoms with Gasteiger partial charge in [0.1, 0.15) is 12.4 Å². The summed E-state index contributed by atoms with van der Waals surface area (Å²) in [5.41, 5.74) is 2.92. The Kier molecular flexibility index (Phi) is 10.4. The van der Waals surface area contributed by atoms with Crippen molar-refractivity contribution >= 4 is 40.8 Å². The second-order valence-electron chi connectivity index (χ2n) is 8.31. The number of carboxylic acid groups (broad SMARTS) is 1. The van der Waals surface area contributed by atoms with Crippen molar-refractivity contribution in [1.82, 2.24) is 10.3 Å². The van der Waals surface area contributed by atoms with E-state index in [0.29, 0.717) is 28.0 Å². The van der Waals surface area contributed by atoms with Gasteiger partial charge in [0.25, 0.3) is 5.91 Å². The van der Waals surface area contributed by atoms with Gasteiger partial charge in [-0.15, -0.1) is 0 Å². The summed E-state index contributed by atoms with van der Waals surface area (Å²) in [4.78, 5) is 27.2. The molecule has 0 saturated heterocycles. The van der Waals surface area contributed by atoms with E-state index in [2.05, 4.69) is 22.5 Å². The number of amides is 1. The van der Waals surface area contributed by atoms with Crippen molar-refractivity contribution in [3.8, 4) is 17.0 Å². The van der Waals surface area contributed by atoms with E-state index >= 15 is 0 Å². The number of carbonyl (C=O) groups excluding carboxylic acids is 1. The van der Waals surface area contributed by atoms with E-state index in [4.69, 9.17) is 33.0 Å². The molecular formula is C27H29Cl2N3O4. The highest BCUT2D eigenvalue weighted by Gasteiger charge is 2.12. The van der Waals surface area contributed by atoms with Crippen LogP contribution >= 0.6 is 23.2 Å². The molecule has 0 saturated carbocycles. The topological polar surface area (TPSA) is 101 Å². The summed E-state index contributed by atoms with van der Waals surface area (Å²) in [7, 11) is 0. The van der Waals surface area contributed by atoms with Gasteiger partial charge >= 0.3 is 5.97 Å². The van der Waals surface area contributed by atoms with E-state index in [0.717, 1.165) is 36.2 Å². The lowest BCUT2D eigenvalue weighted by Crippen LogP contribution is -2.27. The molecule has 36 heavy (non-hydrogen) atoms. The summed E-state index contributed by atoms with van der Waals surface area (Å²) >= 11 is 12.2. The number of pyridine rings is 1. The summed E-state index contributed by atoms with van der Waals surface area (Å²) < 4.78 is 6.01. The monoisotopic (exact) mass is 529 g/mol. The molecule has 0 aliphatic heterocycles. The van der Waals surface area contributed by atoms with E-state index in [1.165, 1.54) is 0 Å². The fourth-order valence-corrected chi connectivity index (χ4v) is 4.05. The molecule has 3 aromatic rings. The Balaban J connectivity index is 1.57. The van der Waals surface area contributed by atoms with Crippen LogP contribution in [-0.2, 0) is 4.79 Å². The number of nitrogens with zero attached hydrogens (tertiary/aromatic N) is 1. The maximum absolute atomic E-state index is 12.1. The van der Waals surface area contributed by atoms with E-state index in [1.54, 1.807) is 24.4 Å². The number of unbranched alkanes of at least 4 members (excludes halogenated alkanes) is 1. The van der Waals surface area contributed by atoms with Gasteiger partial charge < -0.3 is 20.5 Å². The lowest BCUT2D eigenvalue weighted by atomic mass is 10.1. The third-order valence-electron chi connectivity index (χ3n) is 5.39. The molecule has 0 radical (unpaired) electrons. The van der Waals surface area contributed by atoms with Gasteiger partial charge in [-0.3, -0.25) is 14.6 Å². The molecule has 1 unspecified atom stereocenters. The van der Waals surface area contributed by atoms with Gasteiger partial charge in [0.05, 0.1) is 24.4 Å². The second-order valence-corrected chi connectivity index (χ2v) is 9.18. The maximum atomic E-state index is 12.1. The molecule has 190 valence electrons. The highest BCUT2D eigenvalue weighted by molar-refractivity contribution is 6.35. The molecule has 7 nitrogen and oxygen atoms in total. The highest BCUT2D eigenvalue weighted by atomic mass is 35.5. The van der Waals surface area contributed by atoms with Crippen LogP contribution in [0.3, 0.4) is 0 Å². The first-order valence-corrected chi connectivity index (χ1v) is 12.5. The Morgan fingerprint density at radius 3 is 2.39 bits per heavy atom. The zero-order chi connectivity index (χ0) is 25.9. The molecule has 0 fully saturated rings. The minimum Gasteiger partial charge on any atom is -0.490 e. The lowest BCUT2D eigenvalue weighted by molar-refractivity contribution is -0.136. The van der Waals surface area contributed by atoms with Crippen LogP contribution in [0.15, 0.2) is 60.8 Å². The van der Waals surface area contributed by atoms with Gasteiger partial charge in [0.15, 0.2) is 0 Å². The molecule has 2 aromatic carbocycles. The first-order chi connectivity index (χ1) is 17.3. The third-order valence-corrected chi connectivity index (χ3v) is 5.83. The van der Waals surface area contributed by atoms with Crippen LogP contribution in [0.5, 0.6) is 5.75 Å². The Hall–Kier alpha value is -3.29. The normalized spacial score (nSPS) is 11.5. The van der Waals surface area contributed by atoms with E-state index in [9.17, 15) is 9.59 Å². The number of carbonyl (C=O) groups is 2. The molecule has 1 heterocycles. The maximum Gasteiger partial charge on any atom is 0.305 e. The number of carboxylic acids is 1. The number of hydrogen-bond acceptors (Lipinski definition) is 5. The van der Waals surface area contributed by atoms with Crippen LogP contribution in [0.25, 0.3) is 11.3 Å². The molecule has 1 atom stereocenters. The van der Waals surface area contributed by atoms with Gasteiger partial charge in [0, 0.05) is 33.4 Å². The van der Waals surface area contributed by atoms with Crippen molar-refractivity contribution in [2.75, 3.05) is 18.5 Å². The van der Waals surface area contributed by atoms with E-state index in [1.807, 2.05) is 36.4 Å². The van der Waals surface area contributed by atoms with Crippen molar-refractivity contribution in [3.63, 3.8) is 0 Å². The minimum atomic E-state index is -0.951. The summed E-state index contributed by atoms with van der Waals surface area (Å²) in [6, 6.07) is 16.2. The Morgan fingerprint density at radius 2 is 1.78 bits per heavy atom. The summed E-state index contributed by atoms with van der Waals surface area (Å²) in [6.07, 6.45) is 4.58. The standard InChI is InChI=1S/C27H29Cl2N3O4/c1-2-3-4-23(32-22-7-5-18(6-8-22)27(35)30-12-11-26(33)34)17-36-24-9-10-25(31-16-24)19-13-20(28)15-21(29)14-19/h5-10,13-16,23,32H,2-4,11-12,17H2,1H3,(H,30,35)(H,33,34). The van der Waals surface area contributed by atoms with Crippen molar-refractivity contribution < 1.29 is 19.4 Å².